The predicted octanol–water partition coefficient (Wildman–Crippen LogP) is -0.806. The Balaban J connectivity index is 2.81. The Labute approximate surface area is 83.6 Å². The number of aromatic carboxylic acids is 1. The number of nitrogens with zero attached hydrogens (tertiary/aromatic N) is 1. The Morgan fingerprint density at radius 1 is 1.64 bits per heavy atom. The summed E-state index contributed by atoms with van der Waals surface area (Å²) in [6.07, 6.45) is -2.36. The molecule has 0 saturated carbocycles. The number of carboxylic acid groups (broad SMARTS) is 1. The van der Waals surface area contributed by atoms with Gasteiger partial charge < -0.3 is 21.1 Å². The second-order valence-corrected chi connectivity index (χ2v) is 3.49. The lowest BCUT2D eigenvalue weighted by Crippen LogP contribution is -2.27. The first-order valence-corrected chi connectivity index (χ1v) is 4.69. The Morgan fingerprint density at radius 2 is 2.29 bits per heavy atom. The summed E-state index contributed by atoms with van der Waals surface area (Å²) in [5.41, 5.74) is 5.26. The molecule has 0 aliphatic rings. The Bertz CT molecular complexity index is 327. The largest absolute Gasteiger partial charge is 0.476 e. The zero-order valence-corrected chi connectivity index (χ0v) is 7.94. The maximum Gasteiger partial charge on any atom is 0.365 e. The number of carbonyl (C=O) groups is 1. The lowest BCUT2D eigenvalue weighted by molar-refractivity contribution is 0.0219. The minimum atomic E-state index is -1.23. The lowest BCUT2D eigenvalue weighted by Gasteiger charge is -2.12. The van der Waals surface area contributed by atoms with Crippen LogP contribution in [0.5, 0.6) is 0 Å². The van der Waals surface area contributed by atoms with Crippen LogP contribution in [0.15, 0.2) is 5.38 Å². The third-order valence-corrected chi connectivity index (χ3v) is 2.46. The quantitative estimate of drug-likeness (QED) is 0.525. The molecule has 1 rings (SSSR count). The zero-order chi connectivity index (χ0) is 10.7. The number of hydrogen-bond donors (Lipinski definition) is 4. The molecule has 0 spiro atoms. The third kappa shape index (κ3) is 2.26. The number of nitrogens with two attached hydrogens (primary N) is 1. The monoisotopic (exact) mass is 218 g/mol. The van der Waals surface area contributed by atoms with Crippen molar-refractivity contribution in [1.82, 2.24) is 4.98 Å². The van der Waals surface area contributed by atoms with E-state index in [1.807, 2.05) is 0 Å². The predicted molar refractivity (Wildman–Crippen MR) is 49.1 cm³/mol. The molecule has 0 aromatic carbocycles. The van der Waals surface area contributed by atoms with Gasteiger partial charge in [0, 0.05) is 11.9 Å². The summed E-state index contributed by atoms with van der Waals surface area (Å²) >= 11 is 0.891. The summed E-state index contributed by atoms with van der Waals surface area (Å²) in [6.45, 7) is -0.110. The molecule has 0 aliphatic heterocycles. The van der Waals surface area contributed by atoms with E-state index in [4.69, 9.17) is 15.9 Å². The van der Waals surface area contributed by atoms with Gasteiger partial charge in [-0.25, -0.2) is 9.78 Å². The molecule has 1 heterocycles. The molecular weight excluding hydrogens is 208 g/mol. The number of aromatic nitrogens is 1. The topological polar surface area (TPSA) is 117 Å². The van der Waals surface area contributed by atoms with E-state index in [1.54, 1.807) is 0 Å². The molecule has 0 fully saturated rings. The van der Waals surface area contributed by atoms with E-state index >= 15 is 0 Å². The summed E-state index contributed by atoms with van der Waals surface area (Å²) in [5, 5.41) is 28.4. The van der Waals surface area contributed by atoms with E-state index in [-0.39, 0.29) is 17.2 Å². The maximum atomic E-state index is 10.5. The van der Waals surface area contributed by atoms with Gasteiger partial charge in [-0.3, -0.25) is 0 Å². The van der Waals surface area contributed by atoms with Crippen LogP contribution in [-0.4, -0.2) is 38.9 Å². The maximum absolute atomic E-state index is 10.5. The van der Waals surface area contributed by atoms with Crippen molar-refractivity contribution >= 4 is 17.3 Å². The van der Waals surface area contributed by atoms with Crippen LogP contribution in [-0.2, 0) is 0 Å². The molecule has 6 nitrogen and oxygen atoms in total. The minimum Gasteiger partial charge on any atom is -0.476 e. The second-order valence-electron chi connectivity index (χ2n) is 2.63. The highest BCUT2D eigenvalue weighted by Crippen LogP contribution is 2.19. The van der Waals surface area contributed by atoms with Crippen molar-refractivity contribution in [3.05, 3.63) is 16.1 Å². The fourth-order valence-corrected chi connectivity index (χ4v) is 1.53. The van der Waals surface area contributed by atoms with Crippen LogP contribution in [0.1, 0.15) is 21.6 Å². The van der Waals surface area contributed by atoms with Crippen LogP contribution in [0.2, 0.25) is 0 Å². The number of carboxylic acids is 1. The van der Waals surface area contributed by atoms with Crippen LogP contribution in [0.25, 0.3) is 0 Å². The summed E-state index contributed by atoms with van der Waals surface area (Å²) < 4.78 is 0. The molecule has 78 valence electrons. The van der Waals surface area contributed by atoms with Crippen LogP contribution < -0.4 is 5.73 Å². The van der Waals surface area contributed by atoms with Crippen LogP contribution in [0.3, 0.4) is 0 Å². The average molecular weight is 218 g/mol. The van der Waals surface area contributed by atoms with Gasteiger partial charge in [-0.05, 0) is 0 Å². The molecule has 5 N–H and O–H groups in total. The van der Waals surface area contributed by atoms with Crippen molar-refractivity contribution in [2.24, 2.45) is 5.73 Å². The lowest BCUT2D eigenvalue weighted by atomic mass is 10.1. The highest BCUT2D eigenvalue weighted by Gasteiger charge is 2.21. The van der Waals surface area contributed by atoms with Crippen LogP contribution >= 0.6 is 11.3 Å². The minimum absolute atomic E-state index is 0.110. The highest BCUT2D eigenvalue weighted by atomic mass is 32.1. The first-order chi connectivity index (χ1) is 6.56. The van der Waals surface area contributed by atoms with E-state index in [1.165, 1.54) is 5.38 Å². The first-order valence-electron chi connectivity index (χ1n) is 3.81. The van der Waals surface area contributed by atoms with E-state index in [0.717, 1.165) is 11.3 Å². The van der Waals surface area contributed by atoms with Gasteiger partial charge in [-0.1, -0.05) is 0 Å². The van der Waals surface area contributed by atoms with Crippen LogP contribution in [0, 0.1) is 0 Å². The summed E-state index contributed by atoms with van der Waals surface area (Å²) in [5.74, 6) is -1.16. The normalized spacial score (nSPS) is 15.1. The third-order valence-electron chi connectivity index (χ3n) is 1.61. The van der Waals surface area contributed by atoms with Crippen LogP contribution in [0.4, 0.5) is 0 Å². The number of rotatable bonds is 4. The number of aliphatic hydroxyl groups is 2. The van der Waals surface area contributed by atoms with Gasteiger partial charge in [0.25, 0.3) is 0 Å². The summed E-state index contributed by atoms with van der Waals surface area (Å²) in [4.78, 5) is 14.1. The molecule has 2 atom stereocenters. The zero-order valence-electron chi connectivity index (χ0n) is 7.12. The van der Waals surface area contributed by atoms with Crippen molar-refractivity contribution in [2.45, 2.75) is 12.2 Å². The molecule has 1 aromatic heterocycles. The molecule has 1 aromatic rings. The van der Waals surface area contributed by atoms with Crippen molar-refractivity contribution < 1.29 is 20.1 Å². The molecule has 0 saturated heterocycles. The van der Waals surface area contributed by atoms with E-state index in [9.17, 15) is 9.90 Å². The van der Waals surface area contributed by atoms with Gasteiger partial charge >= 0.3 is 5.97 Å². The van der Waals surface area contributed by atoms with E-state index < -0.39 is 18.2 Å². The summed E-state index contributed by atoms with van der Waals surface area (Å²) in [7, 11) is 0. The fraction of sp³-hybridized carbons (Fsp3) is 0.429. The van der Waals surface area contributed by atoms with E-state index in [0.29, 0.717) is 0 Å². The van der Waals surface area contributed by atoms with Gasteiger partial charge in [-0.15, -0.1) is 11.3 Å². The van der Waals surface area contributed by atoms with Crippen molar-refractivity contribution in [1.29, 1.82) is 0 Å². The van der Waals surface area contributed by atoms with Crippen molar-refractivity contribution in [2.75, 3.05) is 6.54 Å². The molecule has 0 aliphatic carbocycles. The van der Waals surface area contributed by atoms with E-state index in [2.05, 4.69) is 4.98 Å². The SMILES string of the molecule is NCC(O)C(O)c1csc(C(=O)O)n1. The average Bonchev–Trinajstić information content (AvgIpc) is 2.64. The standard InChI is InChI=1S/C7H10N2O4S/c8-1-4(10)5(11)3-2-14-6(9-3)7(12)13/h2,4-5,10-11H,1,8H2,(H,12,13). The van der Waals surface area contributed by atoms with Gasteiger partial charge in [0.15, 0.2) is 0 Å². The smallest absolute Gasteiger partial charge is 0.365 e. The molecule has 14 heavy (non-hydrogen) atoms. The Morgan fingerprint density at radius 3 is 2.71 bits per heavy atom. The molecule has 0 radical (unpaired) electrons. The molecule has 0 bridgehead atoms. The molecular formula is C7H10N2O4S. The molecule has 7 heteroatoms. The second kappa shape index (κ2) is 4.47. The fourth-order valence-electron chi connectivity index (χ4n) is 0.846. The van der Waals surface area contributed by atoms with Gasteiger partial charge in [0.05, 0.1) is 11.8 Å². The highest BCUT2D eigenvalue weighted by molar-refractivity contribution is 7.11. The number of aliphatic hydroxyl groups excluding tert-OH is 2. The van der Waals surface area contributed by atoms with Gasteiger partial charge in [0.1, 0.15) is 6.10 Å². The van der Waals surface area contributed by atoms with Crippen molar-refractivity contribution in [3.8, 4) is 0 Å². The number of hydrogen-bond acceptors (Lipinski definition) is 6. The molecule has 2 unspecified atom stereocenters. The van der Waals surface area contributed by atoms with Gasteiger partial charge in [0.2, 0.25) is 5.01 Å². The molecule has 0 amide bonds. The Kier molecular flexibility index (Phi) is 3.53. The first kappa shape index (κ1) is 11.1. The van der Waals surface area contributed by atoms with Gasteiger partial charge in [-0.2, -0.15) is 0 Å². The van der Waals surface area contributed by atoms with Crippen molar-refractivity contribution in [3.63, 3.8) is 0 Å². The Hall–Kier alpha value is -1.02. The summed E-state index contributed by atoms with van der Waals surface area (Å²) in [6, 6.07) is 0. The number of thiazole rings is 1.